The van der Waals surface area contributed by atoms with Crippen LogP contribution < -0.4 is 10.3 Å². The summed E-state index contributed by atoms with van der Waals surface area (Å²) in [5, 5.41) is 16.3. The summed E-state index contributed by atoms with van der Waals surface area (Å²) in [5.74, 6) is -0.673. The number of aromatic nitrogens is 2. The van der Waals surface area contributed by atoms with Crippen LogP contribution in [-0.2, 0) is 11.0 Å². The average molecular weight is 464 g/mol. The van der Waals surface area contributed by atoms with Crippen molar-refractivity contribution in [3.63, 3.8) is 0 Å². The van der Waals surface area contributed by atoms with Crippen molar-refractivity contribution < 1.29 is 22.4 Å². The third kappa shape index (κ3) is 4.70. The number of hydrogen-bond acceptors (Lipinski definition) is 5. The zero-order valence-corrected chi connectivity index (χ0v) is 16.9. The number of halogens is 5. The van der Waals surface area contributed by atoms with Gasteiger partial charge in [0.05, 0.1) is 11.6 Å². The van der Waals surface area contributed by atoms with Crippen LogP contribution in [0.5, 0.6) is 0 Å². The molecule has 0 fully saturated rings. The molecule has 4 rings (SSSR count). The second-order valence-corrected chi connectivity index (χ2v) is 7.29. The number of carbonyl (C=O) groups excluding carboxylic acids is 1. The zero-order chi connectivity index (χ0) is 22.9. The first-order valence-corrected chi connectivity index (χ1v) is 9.68. The molecule has 1 N–H and O–H groups in total. The van der Waals surface area contributed by atoms with Crippen molar-refractivity contribution in [1.82, 2.24) is 10.2 Å². The number of alkyl halides is 3. The lowest BCUT2D eigenvalue weighted by Gasteiger charge is -2.22. The van der Waals surface area contributed by atoms with Gasteiger partial charge in [0.25, 0.3) is 5.91 Å². The number of carbonyl (C=O) groups is 1. The van der Waals surface area contributed by atoms with E-state index in [4.69, 9.17) is 11.6 Å². The summed E-state index contributed by atoms with van der Waals surface area (Å²) in [7, 11) is 0. The van der Waals surface area contributed by atoms with Gasteiger partial charge < -0.3 is 5.32 Å². The molecular formula is C21H14ClF4N5O. The van der Waals surface area contributed by atoms with E-state index in [1.54, 1.807) is 18.2 Å². The molecule has 0 radical (unpaired) electrons. The highest BCUT2D eigenvalue weighted by molar-refractivity contribution is 6.43. The van der Waals surface area contributed by atoms with Crippen LogP contribution in [0.1, 0.15) is 23.6 Å². The Bertz CT molecular complexity index is 1150. The highest BCUT2D eigenvalue weighted by atomic mass is 35.5. The van der Waals surface area contributed by atoms with Crippen LogP contribution in [-0.4, -0.2) is 21.8 Å². The number of hydrazone groups is 1. The van der Waals surface area contributed by atoms with Crippen LogP contribution in [0.15, 0.2) is 65.8 Å². The maximum Gasteiger partial charge on any atom is 0.416 e. The van der Waals surface area contributed by atoms with Crippen LogP contribution in [0.2, 0.25) is 5.15 Å². The van der Waals surface area contributed by atoms with Gasteiger partial charge in [-0.3, -0.25) is 4.79 Å². The molecule has 1 unspecified atom stereocenters. The molecule has 6 nitrogen and oxygen atoms in total. The molecule has 0 saturated carbocycles. The number of anilines is 2. The smallest absolute Gasteiger partial charge is 0.321 e. The van der Waals surface area contributed by atoms with Crippen molar-refractivity contribution in [2.45, 2.75) is 18.6 Å². The van der Waals surface area contributed by atoms with Gasteiger partial charge in [0, 0.05) is 12.1 Å². The first-order valence-electron chi connectivity index (χ1n) is 9.31. The van der Waals surface area contributed by atoms with E-state index < -0.39 is 29.5 Å². The standard InChI is InChI=1S/C21H14ClF4N5O/c22-18-9-10-19(29-28-18)31-17(12-1-5-14(23)6-2-12)11-16(30-31)20(32)27-15-7-3-13(4-8-15)21(24,25)26/h1-10,17H,11H2,(H,27,32). The fourth-order valence-corrected chi connectivity index (χ4v) is 3.28. The second-order valence-electron chi connectivity index (χ2n) is 6.91. The number of benzene rings is 2. The topological polar surface area (TPSA) is 70.5 Å². The second kappa shape index (κ2) is 8.54. The molecule has 0 spiro atoms. The van der Waals surface area contributed by atoms with E-state index in [0.29, 0.717) is 11.4 Å². The molecule has 0 aliphatic carbocycles. The highest BCUT2D eigenvalue weighted by Gasteiger charge is 2.34. The van der Waals surface area contributed by atoms with Gasteiger partial charge in [-0.1, -0.05) is 23.7 Å². The quantitative estimate of drug-likeness (QED) is 0.538. The van der Waals surface area contributed by atoms with Gasteiger partial charge in [0.2, 0.25) is 0 Å². The summed E-state index contributed by atoms with van der Waals surface area (Å²) in [4.78, 5) is 12.8. The van der Waals surface area contributed by atoms with Crippen molar-refractivity contribution in [2.24, 2.45) is 5.10 Å². The van der Waals surface area contributed by atoms with E-state index in [0.717, 1.165) is 24.3 Å². The van der Waals surface area contributed by atoms with Crippen LogP contribution >= 0.6 is 11.6 Å². The Morgan fingerprint density at radius 3 is 2.28 bits per heavy atom. The summed E-state index contributed by atoms with van der Waals surface area (Å²) in [6.07, 6.45) is -4.32. The maximum absolute atomic E-state index is 13.4. The summed E-state index contributed by atoms with van der Waals surface area (Å²) >= 11 is 5.79. The lowest BCUT2D eigenvalue weighted by atomic mass is 10.0. The Kier molecular flexibility index (Phi) is 5.79. The molecule has 11 heteroatoms. The van der Waals surface area contributed by atoms with Gasteiger partial charge >= 0.3 is 6.18 Å². The molecule has 1 aliphatic rings. The zero-order valence-electron chi connectivity index (χ0n) is 16.1. The van der Waals surface area contributed by atoms with Gasteiger partial charge in [-0.15, -0.1) is 10.2 Å². The van der Waals surface area contributed by atoms with Crippen molar-refractivity contribution in [3.8, 4) is 0 Å². The number of nitrogens with one attached hydrogen (secondary N) is 1. The van der Waals surface area contributed by atoms with Crippen molar-refractivity contribution in [3.05, 3.63) is 82.8 Å². The number of rotatable bonds is 4. The minimum Gasteiger partial charge on any atom is -0.321 e. The predicted octanol–water partition coefficient (Wildman–Crippen LogP) is 5.23. The van der Waals surface area contributed by atoms with Gasteiger partial charge in [-0.2, -0.15) is 18.3 Å². The van der Waals surface area contributed by atoms with Crippen molar-refractivity contribution >= 4 is 34.7 Å². The Labute approximate surface area is 184 Å². The molecule has 164 valence electrons. The van der Waals surface area contributed by atoms with Crippen LogP contribution in [0.25, 0.3) is 0 Å². The van der Waals surface area contributed by atoms with Gasteiger partial charge in [-0.05, 0) is 54.1 Å². The Balaban J connectivity index is 1.58. The van der Waals surface area contributed by atoms with Crippen LogP contribution in [0.3, 0.4) is 0 Å². The lowest BCUT2D eigenvalue weighted by Crippen LogP contribution is -2.22. The van der Waals surface area contributed by atoms with Gasteiger partial charge in [0.1, 0.15) is 11.5 Å². The third-order valence-electron chi connectivity index (χ3n) is 4.75. The molecular weight excluding hydrogens is 450 g/mol. The van der Waals surface area contributed by atoms with E-state index >= 15 is 0 Å². The average Bonchev–Trinajstić information content (AvgIpc) is 3.20. The fraction of sp³-hybridized carbons (Fsp3) is 0.143. The van der Waals surface area contributed by atoms with E-state index in [-0.39, 0.29) is 23.0 Å². The normalized spacial score (nSPS) is 16.1. The molecule has 2 aromatic carbocycles. The van der Waals surface area contributed by atoms with Crippen LogP contribution in [0, 0.1) is 5.82 Å². The molecule has 2 heterocycles. The number of nitrogens with zero attached hydrogens (tertiary/aromatic N) is 4. The minimum atomic E-state index is -4.47. The van der Waals surface area contributed by atoms with Crippen LogP contribution in [0.4, 0.5) is 29.1 Å². The van der Waals surface area contributed by atoms with E-state index in [2.05, 4.69) is 20.6 Å². The van der Waals surface area contributed by atoms with Gasteiger partial charge in [-0.25, -0.2) is 9.40 Å². The molecule has 1 atom stereocenters. The molecule has 1 amide bonds. The number of amides is 1. The predicted molar refractivity (Wildman–Crippen MR) is 111 cm³/mol. The van der Waals surface area contributed by atoms with E-state index in [1.165, 1.54) is 23.2 Å². The largest absolute Gasteiger partial charge is 0.416 e. The minimum absolute atomic E-state index is 0.121. The fourth-order valence-electron chi connectivity index (χ4n) is 3.18. The monoisotopic (exact) mass is 463 g/mol. The van der Waals surface area contributed by atoms with E-state index in [1.807, 2.05) is 0 Å². The lowest BCUT2D eigenvalue weighted by molar-refractivity contribution is -0.137. The Morgan fingerprint density at radius 1 is 1.00 bits per heavy atom. The van der Waals surface area contributed by atoms with Gasteiger partial charge in [0.15, 0.2) is 11.0 Å². The number of hydrogen-bond donors (Lipinski definition) is 1. The maximum atomic E-state index is 13.4. The summed E-state index contributed by atoms with van der Waals surface area (Å²) in [5.41, 5.74) is 0.173. The third-order valence-corrected chi connectivity index (χ3v) is 4.95. The SMILES string of the molecule is O=C(Nc1ccc(C(F)(F)F)cc1)C1=NN(c2ccc(Cl)nn2)C(c2ccc(F)cc2)C1. The summed E-state index contributed by atoms with van der Waals surface area (Å²) in [6.45, 7) is 0. The first kappa shape index (κ1) is 21.7. The summed E-state index contributed by atoms with van der Waals surface area (Å²) in [6, 6.07) is 12.4. The summed E-state index contributed by atoms with van der Waals surface area (Å²) < 4.78 is 51.6. The molecule has 32 heavy (non-hydrogen) atoms. The molecule has 0 saturated heterocycles. The molecule has 3 aromatic rings. The molecule has 1 aromatic heterocycles. The van der Waals surface area contributed by atoms with Crippen molar-refractivity contribution in [1.29, 1.82) is 0 Å². The van der Waals surface area contributed by atoms with E-state index in [9.17, 15) is 22.4 Å². The molecule has 1 aliphatic heterocycles. The Hall–Kier alpha value is -3.53. The molecule has 0 bridgehead atoms. The highest BCUT2D eigenvalue weighted by Crippen LogP contribution is 2.35. The van der Waals surface area contributed by atoms with Crippen molar-refractivity contribution in [2.75, 3.05) is 10.3 Å². The first-order chi connectivity index (χ1) is 15.2. The Morgan fingerprint density at radius 2 is 1.69 bits per heavy atom.